The second-order valence-corrected chi connectivity index (χ2v) is 12.8. The van der Waals surface area contributed by atoms with Crippen LogP contribution in [0.2, 0.25) is 0 Å². The number of amides is 1. The van der Waals surface area contributed by atoms with Crippen LogP contribution in [0.5, 0.6) is 5.75 Å². The van der Waals surface area contributed by atoms with Crippen LogP contribution in [0.3, 0.4) is 0 Å². The number of hydrogen-bond acceptors (Lipinski definition) is 7. The van der Waals surface area contributed by atoms with E-state index in [1.165, 1.54) is 30.7 Å². The Morgan fingerprint density at radius 2 is 1.61 bits per heavy atom. The summed E-state index contributed by atoms with van der Waals surface area (Å²) in [5.74, 6) is -3.93. The van der Waals surface area contributed by atoms with Crippen molar-refractivity contribution in [3.05, 3.63) is 88.1 Å². The summed E-state index contributed by atoms with van der Waals surface area (Å²) < 4.78 is 56.1. The van der Waals surface area contributed by atoms with Gasteiger partial charge in [-0.25, -0.2) is 14.4 Å². The summed E-state index contributed by atoms with van der Waals surface area (Å²) in [6.45, 7) is 7.45. The van der Waals surface area contributed by atoms with Gasteiger partial charge in [0, 0.05) is 46.3 Å². The lowest BCUT2D eigenvalue weighted by molar-refractivity contribution is -0.274. The van der Waals surface area contributed by atoms with E-state index in [0.717, 1.165) is 23.1 Å². The number of alkyl halides is 3. The molecule has 0 radical (unpaired) electrons. The number of rotatable bonds is 11. The molecule has 2 aromatic carbocycles. The van der Waals surface area contributed by atoms with Gasteiger partial charge < -0.3 is 15.2 Å². The topological polar surface area (TPSA) is 118 Å². The van der Waals surface area contributed by atoms with E-state index in [9.17, 15) is 37.1 Å². The van der Waals surface area contributed by atoms with Crippen molar-refractivity contribution in [1.82, 2.24) is 15.3 Å². The molecule has 0 fully saturated rings. The van der Waals surface area contributed by atoms with Crippen LogP contribution in [0.4, 0.5) is 17.6 Å². The van der Waals surface area contributed by atoms with Gasteiger partial charge in [-0.15, -0.1) is 24.5 Å². The smallest absolute Gasteiger partial charge is 0.480 e. The van der Waals surface area contributed by atoms with Gasteiger partial charge in [0.15, 0.2) is 11.6 Å². The number of nitrogens with one attached hydrogen (secondary N) is 1. The molecule has 13 heteroatoms. The number of thiophene rings is 1. The molecule has 0 saturated heterocycles. The largest absolute Gasteiger partial charge is 0.573 e. The lowest BCUT2D eigenvalue weighted by Gasteiger charge is -2.18. The van der Waals surface area contributed by atoms with E-state index in [1.54, 1.807) is 30.3 Å². The average molecular weight is 658 g/mol. The molecule has 2 aromatic heterocycles. The van der Waals surface area contributed by atoms with E-state index in [4.69, 9.17) is 0 Å². The van der Waals surface area contributed by atoms with E-state index in [2.05, 4.69) is 20.0 Å². The number of aliphatic carboxylic acids is 1. The van der Waals surface area contributed by atoms with E-state index in [-0.39, 0.29) is 41.0 Å². The van der Waals surface area contributed by atoms with E-state index >= 15 is 0 Å². The maximum atomic E-state index is 14.4. The quantitative estimate of drug-likeness (QED) is 0.129. The van der Waals surface area contributed by atoms with Gasteiger partial charge >= 0.3 is 12.3 Å². The third-order valence-electron chi connectivity index (χ3n) is 6.98. The Kier molecular flexibility index (Phi) is 10.2. The number of carboxylic acid groups (broad SMARTS) is 1. The van der Waals surface area contributed by atoms with Gasteiger partial charge in [-0.2, -0.15) is 0 Å². The number of halogens is 4. The molecule has 4 aromatic rings. The molecule has 46 heavy (non-hydrogen) atoms. The molecule has 0 spiro atoms. The van der Waals surface area contributed by atoms with Crippen molar-refractivity contribution in [2.45, 2.75) is 58.4 Å². The number of nitrogens with zero attached hydrogens (tertiary/aromatic N) is 2. The van der Waals surface area contributed by atoms with Crippen molar-refractivity contribution >= 4 is 29.0 Å². The van der Waals surface area contributed by atoms with E-state index in [1.807, 2.05) is 26.8 Å². The number of carbonyl (C=O) groups excluding carboxylic acids is 2. The van der Waals surface area contributed by atoms with Gasteiger partial charge in [0.25, 0.3) is 0 Å². The Hall–Kier alpha value is -4.65. The molecule has 2 atom stereocenters. The predicted octanol–water partition coefficient (Wildman–Crippen LogP) is 7.23. The van der Waals surface area contributed by atoms with E-state index < -0.39 is 41.8 Å². The minimum absolute atomic E-state index is 0.125. The first-order chi connectivity index (χ1) is 21.5. The summed E-state index contributed by atoms with van der Waals surface area (Å²) in [4.78, 5) is 47.7. The van der Waals surface area contributed by atoms with Crippen LogP contribution in [-0.4, -0.2) is 45.1 Å². The van der Waals surface area contributed by atoms with Gasteiger partial charge in [0.1, 0.15) is 17.6 Å². The average Bonchev–Trinajstić information content (AvgIpc) is 3.49. The van der Waals surface area contributed by atoms with E-state index in [0.29, 0.717) is 16.0 Å². The highest BCUT2D eigenvalue weighted by atomic mass is 32.1. The molecule has 0 aliphatic carbocycles. The van der Waals surface area contributed by atoms with Crippen LogP contribution in [0.25, 0.3) is 22.5 Å². The van der Waals surface area contributed by atoms with Crippen LogP contribution in [-0.2, 0) is 21.4 Å². The molecule has 2 N–H and O–H groups in total. The first kappa shape index (κ1) is 34.2. The molecule has 0 aliphatic heterocycles. The predicted molar refractivity (Wildman–Crippen MR) is 164 cm³/mol. The van der Waals surface area contributed by atoms with Crippen molar-refractivity contribution in [1.29, 1.82) is 0 Å². The summed E-state index contributed by atoms with van der Waals surface area (Å²) in [5.41, 5.74) is 1.09. The Morgan fingerprint density at radius 3 is 2.17 bits per heavy atom. The monoisotopic (exact) mass is 657 g/mol. The normalized spacial score (nSPS) is 13.1. The molecule has 8 nitrogen and oxygen atoms in total. The number of hydrogen-bond donors (Lipinski definition) is 2. The standard InChI is InChI=1S/C33H31F4N3O5S/c1-18(31(43)44)40-30(42)21(14-26(41)27-11-12-28(46-27)32(2,3)4)13-19-5-7-20(8-6-19)29-38-16-22(17-39-29)24-15-23(9-10-25(24)34)45-33(35,36)37/h5-12,15-18,21H,13-14H2,1-4H3,(H,40,42)(H,43,44)/t18-,21-/m1/s1. The molecule has 2 heterocycles. The molecule has 4 rings (SSSR count). The van der Waals surface area contributed by atoms with Crippen LogP contribution in [0.1, 0.15) is 54.2 Å². The number of ketones is 1. The lowest BCUT2D eigenvalue weighted by Crippen LogP contribution is -2.42. The fourth-order valence-electron chi connectivity index (χ4n) is 4.48. The highest BCUT2D eigenvalue weighted by Crippen LogP contribution is 2.32. The molecular weight excluding hydrogens is 626 g/mol. The highest BCUT2D eigenvalue weighted by molar-refractivity contribution is 7.14. The summed E-state index contributed by atoms with van der Waals surface area (Å²) >= 11 is 1.37. The molecule has 0 saturated carbocycles. The molecule has 1 amide bonds. The number of Topliss-reactive ketones (excluding diaryl/α,β-unsaturated/α-hetero) is 1. The fourth-order valence-corrected chi connectivity index (χ4v) is 5.49. The Labute approximate surface area is 266 Å². The number of carbonyl (C=O) groups is 3. The van der Waals surface area contributed by atoms with Crippen molar-refractivity contribution in [2.24, 2.45) is 5.92 Å². The Bertz CT molecular complexity index is 1720. The zero-order valence-corrected chi connectivity index (χ0v) is 26.1. The molecule has 0 aliphatic rings. The number of aromatic nitrogens is 2. The third-order valence-corrected chi connectivity index (χ3v) is 8.53. The van der Waals surface area contributed by atoms with Gasteiger partial charge in [0.05, 0.1) is 4.88 Å². The minimum Gasteiger partial charge on any atom is -0.480 e. The highest BCUT2D eigenvalue weighted by Gasteiger charge is 2.31. The first-order valence-corrected chi connectivity index (χ1v) is 15.0. The fraction of sp³-hybridized carbons (Fsp3) is 0.303. The van der Waals surface area contributed by atoms with Gasteiger partial charge in [-0.05, 0) is 54.7 Å². The van der Waals surface area contributed by atoms with Crippen molar-refractivity contribution in [3.63, 3.8) is 0 Å². The maximum absolute atomic E-state index is 14.4. The van der Waals surface area contributed by atoms with Crippen LogP contribution in [0.15, 0.2) is 67.0 Å². The minimum atomic E-state index is -4.93. The molecular formula is C33H31F4N3O5S. The van der Waals surface area contributed by atoms with Gasteiger partial charge in [0.2, 0.25) is 5.91 Å². The zero-order chi connectivity index (χ0) is 33.8. The van der Waals surface area contributed by atoms with Crippen LogP contribution >= 0.6 is 11.3 Å². The lowest BCUT2D eigenvalue weighted by atomic mass is 9.92. The molecule has 242 valence electrons. The van der Waals surface area contributed by atoms with Gasteiger partial charge in [-0.3, -0.25) is 14.4 Å². The summed E-state index contributed by atoms with van der Waals surface area (Å²) in [5, 5.41) is 11.7. The van der Waals surface area contributed by atoms with Crippen LogP contribution in [0, 0.1) is 11.7 Å². The summed E-state index contributed by atoms with van der Waals surface area (Å²) in [7, 11) is 0. The van der Waals surface area contributed by atoms with Crippen LogP contribution < -0.4 is 10.1 Å². The van der Waals surface area contributed by atoms with Crippen molar-refractivity contribution in [2.75, 3.05) is 0 Å². The number of benzene rings is 2. The first-order valence-electron chi connectivity index (χ1n) is 14.1. The number of ether oxygens (including phenoxy) is 1. The maximum Gasteiger partial charge on any atom is 0.573 e. The second-order valence-electron chi connectivity index (χ2n) is 11.7. The van der Waals surface area contributed by atoms with Gasteiger partial charge in [-0.1, -0.05) is 45.0 Å². The number of carboxylic acids is 1. The second kappa shape index (κ2) is 13.8. The zero-order valence-electron chi connectivity index (χ0n) is 25.3. The third kappa shape index (κ3) is 8.96. The summed E-state index contributed by atoms with van der Waals surface area (Å²) in [6, 6.07) is 11.9. The van der Waals surface area contributed by atoms with Crippen molar-refractivity contribution in [3.8, 4) is 28.3 Å². The SMILES string of the molecule is C[C@@H](NC(=O)[C@@H](CC(=O)c1ccc(C(C)(C)C)s1)Cc1ccc(-c2ncc(-c3cc(OC(F)(F)F)ccc3F)cn2)cc1)C(=O)O. The molecule has 0 bridgehead atoms. The Morgan fingerprint density at radius 1 is 0.957 bits per heavy atom. The summed E-state index contributed by atoms with van der Waals surface area (Å²) in [6.07, 6.45) is -2.36. The van der Waals surface area contributed by atoms with Crippen molar-refractivity contribution < 1.29 is 41.8 Å². The molecule has 0 unspecified atom stereocenters. The Balaban J connectivity index is 1.51.